The van der Waals surface area contributed by atoms with Gasteiger partial charge in [-0.15, -0.1) is 11.8 Å². The lowest BCUT2D eigenvalue weighted by atomic mass is 10.2. The summed E-state index contributed by atoms with van der Waals surface area (Å²) in [6, 6.07) is 12.1. The molecule has 1 saturated heterocycles. The summed E-state index contributed by atoms with van der Waals surface area (Å²) in [7, 11) is 0. The number of benzene rings is 1. The van der Waals surface area contributed by atoms with Crippen molar-refractivity contribution in [1.29, 1.82) is 0 Å². The summed E-state index contributed by atoms with van der Waals surface area (Å²) >= 11 is 1.52. The van der Waals surface area contributed by atoms with Gasteiger partial charge in [-0.05, 0) is 56.5 Å². The quantitative estimate of drug-likeness (QED) is 0.565. The fraction of sp³-hybridized carbons (Fsp3) is 0.348. The lowest BCUT2D eigenvalue weighted by molar-refractivity contribution is 0.0947. The van der Waals surface area contributed by atoms with Crippen molar-refractivity contribution < 1.29 is 9.32 Å². The lowest BCUT2D eigenvalue weighted by Gasteiger charge is -2.17. The van der Waals surface area contributed by atoms with Crippen molar-refractivity contribution in [3.63, 3.8) is 0 Å². The maximum Gasteiger partial charge on any atom is 0.254 e. The molecule has 1 N–H and O–H groups in total. The van der Waals surface area contributed by atoms with Gasteiger partial charge in [0.2, 0.25) is 0 Å². The number of hydrogen-bond donors (Lipinski definition) is 1. The highest BCUT2D eigenvalue weighted by atomic mass is 32.2. The van der Waals surface area contributed by atoms with E-state index in [0.29, 0.717) is 22.9 Å². The van der Waals surface area contributed by atoms with Crippen molar-refractivity contribution in [2.24, 2.45) is 0 Å². The highest BCUT2D eigenvalue weighted by molar-refractivity contribution is 7.98. The highest BCUT2D eigenvalue weighted by Gasteiger charge is 2.16. The number of aromatic nitrogens is 2. The minimum Gasteiger partial charge on any atom is -0.372 e. The standard InChI is InChI=1S/C23H26N4O2S/c1-16-21(17(2)29-26-16)15-30-23-20(6-5-11-24-23)22(28)25-14-18-7-9-19(10-8-18)27-12-3-4-13-27/h5-11H,3-4,12-15H2,1-2H3,(H,25,28). The minimum atomic E-state index is -0.118. The van der Waals surface area contributed by atoms with E-state index in [2.05, 4.69) is 44.6 Å². The molecule has 0 atom stereocenters. The Labute approximate surface area is 181 Å². The van der Waals surface area contributed by atoms with Crippen LogP contribution in [0, 0.1) is 13.8 Å². The third-order valence-electron chi connectivity index (χ3n) is 5.41. The lowest BCUT2D eigenvalue weighted by Crippen LogP contribution is -2.23. The van der Waals surface area contributed by atoms with Crippen molar-refractivity contribution in [3.05, 3.63) is 70.7 Å². The Balaban J connectivity index is 1.37. The zero-order chi connectivity index (χ0) is 20.9. The van der Waals surface area contributed by atoms with Gasteiger partial charge in [0, 0.05) is 42.8 Å². The van der Waals surface area contributed by atoms with Gasteiger partial charge in [-0.2, -0.15) is 0 Å². The van der Waals surface area contributed by atoms with Crippen LogP contribution in [0.4, 0.5) is 5.69 Å². The molecule has 0 unspecified atom stereocenters. The summed E-state index contributed by atoms with van der Waals surface area (Å²) in [4.78, 5) is 19.6. The number of aryl methyl sites for hydroxylation is 2. The number of nitrogens with one attached hydrogen (secondary N) is 1. The number of pyridine rings is 1. The molecule has 30 heavy (non-hydrogen) atoms. The van der Waals surface area contributed by atoms with E-state index < -0.39 is 0 Å². The van der Waals surface area contributed by atoms with E-state index in [-0.39, 0.29) is 5.91 Å². The van der Waals surface area contributed by atoms with E-state index in [0.717, 1.165) is 35.7 Å². The summed E-state index contributed by atoms with van der Waals surface area (Å²) in [6.45, 7) is 6.57. The number of hydrogen-bond acceptors (Lipinski definition) is 6. The van der Waals surface area contributed by atoms with Crippen molar-refractivity contribution in [1.82, 2.24) is 15.5 Å². The molecule has 1 aliphatic rings. The van der Waals surface area contributed by atoms with Gasteiger partial charge in [0.05, 0.1) is 11.3 Å². The van der Waals surface area contributed by atoms with E-state index in [1.807, 2.05) is 19.9 Å². The van der Waals surface area contributed by atoms with Crippen LogP contribution in [0.5, 0.6) is 0 Å². The van der Waals surface area contributed by atoms with Crippen LogP contribution in [0.2, 0.25) is 0 Å². The summed E-state index contributed by atoms with van der Waals surface area (Å²) in [5.74, 6) is 1.35. The molecule has 156 valence electrons. The number of amides is 1. The zero-order valence-corrected chi connectivity index (χ0v) is 18.2. The van der Waals surface area contributed by atoms with E-state index in [1.165, 1.54) is 30.3 Å². The maximum atomic E-state index is 12.8. The normalized spacial score (nSPS) is 13.6. The molecule has 0 saturated carbocycles. The predicted octanol–water partition coefficient (Wildman–Crippen LogP) is 4.51. The molecule has 4 rings (SSSR count). The van der Waals surface area contributed by atoms with Crippen LogP contribution in [0.25, 0.3) is 0 Å². The SMILES string of the molecule is Cc1noc(C)c1CSc1ncccc1C(=O)NCc1ccc(N2CCCC2)cc1. The van der Waals surface area contributed by atoms with Crippen LogP contribution in [-0.2, 0) is 12.3 Å². The number of nitrogens with zero attached hydrogens (tertiary/aromatic N) is 3. The maximum absolute atomic E-state index is 12.8. The largest absolute Gasteiger partial charge is 0.372 e. The summed E-state index contributed by atoms with van der Waals surface area (Å²) in [5.41, 5.74) is 4.85. The molecular formula is C23H26N4O2S. The molecule has 1 fully saturated rings. The Morgan fingerprint density at radius 2 is 1.93 bits per heavy atom. The molecule has 7 heteroatoms. The Kier molecular flexibility index (Phi) is 6.38. The second-order valence-electron chi connectivity index (χ2n) is 7.49. The Morgan fingerprint density at radius 1 is 1.17 bits per heavy atom. The first-order valence-corrected chi connectivity index (χ1v) is 11.2. The predicted molar refractivity (Wildman–Crippen MR) is 119 cm³/mol. The molecule has 1 aromatic carbocycles. The van der Waals surface area contributed by atoms with Crippen molar-refractivity contribution in [3.8, 4) is 0 Å². The molecule has 3 aromatic rings. The van der Waals surface area contributed by atoms with E-state index in [1.54, 1.807) is 12.3 Å². The summed E-state index contributed by atoms with van der Waals surface area (Å²) in [6.07, 6.45) is 4.24. The topological polar surface area (TPSA) is 71.3 Å². The molecule has 0 bridgehead atoms. The zero-order valence-electron chi connectivity index (χ0n) is 17.4. The van der Waals surface area contributed by atoms with Gasteiger partial charge in [0.25, 0.3) is 5.91 Å². The number of rotatable bonds is 7. The van der Waals surface area contributed by atoms with E-state index >= 15 is 0 Å². The molecule has 0 spiro atoms. The van der Waals surface area contributed by atoms with Gasteiger partial charge < -0.3 is 14.7 Å². The molecule has 2 aromatic heterocycles. The summed E-state index contributed by atoms with van der Waals surface area (Å²) < 4.78 is 5.22. The van der Waals surface area contributed by atoms with Crippen molar-refractivity contribution in [2.75, 3.05) is 18.0 Å². The Morgan fingerprint density at radius 3 is 2.63 bits per heavy atom. The van der Waals surface area contributed by atoms with Crippen LogP contribution in [-0.4, -0.2) is 29.1 Å². The van der Waals surface area contributed by atoms with E-state index in [4.69, 9.17) is 4.52 Å². The number of carbonyl (C=O) groups is 1. The van der Waals surface area contributed by atoms with E-state index in [9.17, 15) is 4.79 Å². The van der Waals surface area contributed by atoms with Gasteiger partial charge in [0.1, 0.15) is 10.8 Å². The molecule has 1 amide bonds. The fourth-order valence-corrected chi connectivity index (χ4v) is 4.75. The van der Waals surface area contributed by atoms with Crippen LogP contribution < -0.4 is 10.2 Å². The monoisotopic (exact) mass is 422 g/mol. The minimum absolute atomic E-state index is 0.118. The van der Waals surface area contributed by atoms with Gasteiger partial charge >= 0.3 is 0 Å². The first-order chi connectivity index (χ1) is 14.6. The van der Waals surface area contributed by atoms with Gasteiger partial charge in [-0.1, -0.05) is 17.3 Å². The first kappa shape index (κ1) is 20.5. The van der Waals surface area contributed by atoms with Crippen molar-refractivity contribution in [2.45, 2.75) is 44.0 Å². The van der Waals surface area contributed by atoms with Gasteiger partial charge in [0.15, 0.2) is 0 Å². The summed E-state index contributed by atoms with van der Waals surface area (Å²) in [5, 5.41) is 7.72. The second-order valence-corrected chi connectivity index (χ2v) is 8.45. The van der Waals surface area contributed by atoms with Crippen LogP contribution >= 0.6 is 11.8 Å². The molecule has 0 aliphatic carbocycles. The average Bonchev–Trinajstić information content (AvgIpc) is 3.42. The Hall–Kier alpha value is -2.80. The van der Waals surface area contributed by atoms with Gasteiger partial charge in [-0.3, -0.25) is 4.79 Å². The number of carbonyl (C=O) groups excluding carboxylic acids is 1. The fourth-order valence-electron chi connectivity index (χ4n) is 3.60. The van der Waals surface area contributed by atoms with Crippen LogP contribution in [0.15, 0.2) is 52.1 Å². The molecule has 6 nitrogen and oxygen atoms in total. The third-order valence-corrected chi connectivity index (χ3v) is 6.44. The molecule has 1 aliphatic heterocycles. The highest BCUT2D eigenvalue weighted by Crippen LogP contribution is 2.27. The number of thioether (sulfide) groups is 1. The third kappa shape index (κ3) is 4.67. The van der Waals surface area contributed by atoms with Crippen LogP contribution in [0.1, 0.15) is 45.8 Å². The Bertz CT molecular complexity index is 991. The second kappa shape index (κ2) is 9.34. The molecular weight excluding hydrogens is 396 g/mol. The number of anilines is 1. The van der Waals surface area contributed by atoms with Crippen LogP contribution in [0.3, 0.4) is 0 Å². The average molecular weight is 423 g/mol. The van der Waals surface area contributed by atoms with Gasteiger partial charge in [-0.25, -0.2) is 4.98 Å². The molecule has 0 radical (unpaired) electrons. The molecule has 3 heterocycles. The van der Waals surface area contributed by atoms with Crippen molar-refractivity contribution >= 4 is 23.4 Å². The smallest absolute Gasteiger partial charge is 0.254 e. The first-order valence-electron chi connectivity index (χ1n) is 10.2.